The number of halogens is 1. The molecule has 0 atom stereocenters. The van der Waals surface area contributed by atoms with Gasteiger partial charge in [-0.3, -0.25) is 0 Å². The van der Waals surface area contributed by atoms with Crippen molar-refractivity contribution in [3.8, 4) is 0 Å². The second-order valence-corrected chi connectivity index (χ2v) is 6.47. The highest BCUT2D eigenvalue weighted by atomic mass is 32.1. The van der Waals surface area contributed by atoms with Crippen LogP contribution in [0, 0.1) is 5.82 Å². The van der Waals surface area contributed by atoms with Crippen LogP contribution in [0.3, 0.4) is 0 Å². The second-order valence-electron chi connectivity index (χ2n) is 5.57. The maximum atomic E-state index is 13.7. The molecule has 0 unspecified atom stereocenters. The molecule has 0 aliphatic heterocycles. The fourth-order valence-electron chi connectivity index (χ4n) is 3.02. The van der Waals surface area contributed by atoms with Crippen molar-refractivity contribution in [2.75, 3.05) is 7.11 Å². The van der Waals surface area contributed by atoms with Crippen LogP contribution in [0.2, 0.25) is 0 Å². The minimum Gasteiger partial charge on any atom is -0.464 e. The average molecular weight is 339 g/mol. The minimum absolute atomic E-state index is 0.267. The number of thiophene rings is 1. The Kier molecular flexibility index (Phi) is 3.58. The van der Waals surface area contributed by atoms with E-state index in [0.29, 0.717) is 12.2 Å². The smallest absolute Gasteiger partial charge is 0.354 e. The Morgan fingerprint density at radius 3 is 2.88 bits per heavy atom. The summed E-state index contributed by atoms with van der Waals surface area (Å²) in [7, 11) is 1.38. The first-order chi connectivity index (χ1) is 11.7. The van der Waals surface area contributed by atoms with Gasteiger partial charge in [0.2, 0.25) is 0 Å². The summed E-state index contributed by atoms with van der Waals surface area (Å²) in [6.45, 7) is 0.481. The Morgan fingerprint density at radius 1 is 1.17 bits per heavy atom. The number of fused-ring (bicyclic) bond motifs is 2. The van der Waals surface area contributed by atoms with Crippen LogP contribution in [0.1, 0.15) is 16.1 Å². The van der Waals surface area contributed by atoms with Gasteiger partial charge in [-0.15, -0.1) is 11.3 Å². The maximum absolute atomic E-state index is 13.7. The summed E-state index contributed by atoms with van der Waals surface area (Å²) in [6.07, 6.45) is 0. The van der Waals surface area contributed by atoms with Gasteiger partial charge in [0.1, 0.15) is 16.3 Å². The van der Waals surface area contributed by atoms with Gasteiger partial charge >= 0.3 is 5.97 Å². The van der Waals surface area contributed by atoms with Gasteiger partial charge in [-0.1, -0.05) is 24.3 Å². The summed E-state index contributed by atoms with van der Waals surface area (Å²) >= 11 is 1.57. The second kappa shape index (κ2) is 5.76. The normalized spacial score (nSPS) is 11.2. The number of hydrogen-bond acceptors (Lipinski definition) is 3. The Bertz CT molecular complexity index is 1060. The minimum atomic E-state index is -0.371. The molecule has 3 nitrogen and oxygen atoms in total. The molecule has 0 radical (unpaired) electrons. The highest BCUT2D eigenvalue weighted by Crippen LogP contribution is 2.28. The van der Waals surface area contributed by atoms with Crippen LogP contribution in [0.15, 0.2) is 53.9 Å². The molecule has 24 heavy (non-hydrogen) atoms. The molecule has 2 aromatic heterocycles. The van der Waals surface area contributed by atoms with Crippen molar-refractivity contribution >= 4 is 38.3 Å². The molecule has 5 heteroatoms. The largest absolute Gasteiger partial charge is 0.464 e. The van der Waals surface area contributed by atoms with Crippen molar-refractivity contribution in [2.24, 2.45) is 0 Å². The number of carbonyl (C=O) groups is 1. The van der Waals surface area contributed by atoms with E-state index in [1.54, 1.807) is 17.4 Å². The van der Waals surface area contributed by atoms with E-state index in [-0.39, 0.29) is 11.8 Å². The van der Waals surface area contributed by atoms with Crippen LogP contribution in [0.4, 0.5) is 4.39 Å². The van der Waals surface area contributed by atoms with Crippen molar-refractivity contribution in [2.45, 2.75) is 6.54 Å². The highest BCUT2D eigenvalue weighted by Gasteiger charge is 2.17. The van der Waals surface area contributed by atoms with Crippen LogP contribution >= 0.6 is 11.3 Å². The molecule has 2 aromatic carbocycles. The van der Waals surface area contributed by atoms with Gasteiger partial charge < -0.3 is 9.30 Å². The number of carbonyl (C=O) groups excluding carboxylic acids is 1. The molecule has 4 rings (SSSR count). The van der Waals surface area contributed by atoms with E-state index in [4.69, 9.17) is 4.74 Å². The van der Waals surface area contributed by atoms with E-state index < -0.39 is 0 Å². The number of aromatic nitrogens is 1. The third-order valence-electron chi connectivity index (χ3n) is 4.16. The Labute approximate surface area is 141 Å². The first-order valence-corrected chi connectivity index (χ1v) is 8.37. The topological polar surface area (TPSA) is 31.2 Å². The van der Waals surface area contributed by atoms with Crippen LogP contribution in [-0.2, 0) is 11.3 Å². The molecular formula is C19H14FNO2S. The third kappa shape index (κ3) is 2.37. The molecule has 0 N–H and O–H groups in total. The van der Waals surface area contributed by atoms with Crippen molar-refractivity contribution in [3.63, 3.8) is 0 Å². The Hall–Kier alpha value is -2.66. The number of ether oxygens (including phenoxy) is 1. The van der Waals surface area contributed by atoms with Gasteiger partial charge in [-0.05, 0) is 46.0 Å². The molecule has 2 heterocycles. The molecule has 0 bridgehead atoms. The van der Waals surface area contributed by atoms with E-state index in [2.05, 4.69) is 0 Å². The van der Waals surface area contributed by atoms with E-state index in [1.807, 2.05) is 40.3 Å². The number of esters is 1. The van der Waals surface area contributed by atoms with Gasteiger partial charge in [0.05, 0.1) is 7.11 Å². The Balaban J connectivity index is 1.89. The maximum Gasteiger partial charge on any atom is 0.354 e. The lowest BCUT2D eigenvalue weighted by atomic mass is 10.0. The fraction of sp³-hybridized carbons (Fsp3) is 0.105. The molecular weight excluding hydrogens is 325 g/mol. The molecule has 120 valence electrons. The SMILES string of the molecule is COC(=O)c1cc2ccsc2n1Cc1cccc2ccc(F)cc12. The van der Waals surface area contributed by atoms with Crippen molar-refractivity contribution in [1.82, 2.24) is 4.57 Å². The number of nitrogens with zero attached hydrogens (tertiary/aromatic N) is 1. The third-order valence-corrected chi connectivity index (χ3v) is 5.11. The van der Waals surface area contributed by atoms with Crippen LogP contribution < -0.4 is 0 Å². The van der Waals surface area contributed by atoms with Gasteiger partial charge in [-0.25, -0.2) is 9.18 Å². The highest BCUT2D eigenvalue weighted by molar-refractivity contribution is 7.16. The average Bonchev–Trinajstić information content (AvgIpc) is 3.17. The molecule has 0 aliphatic carbocycles. The summed E-state index contributed by atoms with van der Waals surface area (Å²) in [5.41, 5.74) is 1.47. The van der Waals surface area contributed by atoms with Crippen molar-refractivity contribution < 1.29 is 13.9 Å². The van der Waals surface area contributed by atoms with E-state index in [1.165, 1.54) is 19.2 Å². The lowest BCUT2D eigenvalue weighted by Crippen LogP contribution is -2.11. The number of benzene rings is 2. The molecule has 4 aromatic rings. The summed E-state index contributed by atoms with van der Waals surface area (Å²) in [6, 6.07) is 14.4. The van der Waals surface area contributed by atoms with E-state index in [0.717, 1.165) is 26.6 Å². The lowest BCUT2D eigenvalue weighted by molar-refractivity contribution is 0.0589. The first kappa shape index (κ1) is 14.9. The monoisotopic (exact) mass is 339 g/mol. The lowest BCUT2D eigenvalue weighted by Gasteiger charge is -2.11. The fourth-order valence-corrected chi connectivity index (χ4v) is 3.92. The predicted octanol–water partition coefficient (Wildman–Crippen LogP) is 4.83. The first-order valence-electron chi connectivity index (χ1n) is 7.49. The van der Waals surface area contributed by atoms with Gasteiger partial charge in [0.15, 0.2) is 0 Å². The zero-order valence-corrected chi connectivity index (χ0v) is 13.8. The Morgan fingerprint density at radius 2 is 2.04 bits per heavy atom. The summed E-state index contributed by atoms with van der Waals surface area (Å²) in [5, 5.41) is 4.83. The van der Waals surface area contributed by atoms with Gasteiger partial charge in [0.25, 0.3) is 0 Å². The zero-order valence-electron chi connectivity index (χ0n) is 13.0. The quantitative estimate of drug-likeness (QED) is 0.501. The van der Waals surface area contributed by atoms with E-state index in [9.17, 15) is 9.18 Å². The van der Waals surface area contributed by atoms with Crippen LogP contribution in [0.5, 0.6) is 0 Å². The van der Waals surface area contributed by atoms with Crippen molar-refractivity contribution in [1.29, 1.82) is 0 Å². The van der Waals surface area contributed by atoms with Gasteiger partial charge in [0, 0.05) is 11.9 Å². The zero-order chi connectivity index (χ0) is 16.7. The number of hydrogen-bond donors (Lipinski definition) is 0. The summed E-state index contributed by atoms with van der Waals surface area (Å²) < 4.78 is 20.5. The summed E-state index contributed by atoms with van der Waals surface area (Å²) in [5.74, 6) is -0.637. The summed E-state index contributed by atoms with van der Waals surface area (Å²) in [4.78, 5) is 13.1. The molecule has 0 aliphatic rings. The van der Waals surface area contributed by atoms with E-state index >= 15 is 0 Å². The predicted molar refractivity (Wildman–Crippen MR) is 94.2 cm³/mol. The molecule has 0 saturated carbocycles. The van der Waals surface area contributed by atoms with Crippen molar-refractivity contribution in [3.05, 3.63) is 71.0 Å². The standard InChI is InChI=1S/C19H14FNO2S/c1-23-19(22)17-9-13-7-8-24-18(13)21(17)11-14-4-2-3-12-5-6-15(20)10-16(12)14/h2-10H,11H2,1H3. The van der Waals surface area contributed by atoms with Crippen LogP contribution in [0.25, 0.3) is 21.0 Å². The molecule has 0 fully saturated rings. The molecule has 0 saturated heterocycles. The van der Waals surface area contributed by atoms with Crippen LogP contribution in [-0.4, -0.2) is 17.6 Å². The number of methoxy groups -OCH3 is 1. The number of rotatable bonds is 3. The van der Waals surface area contributed by atoms with Gasteiger partial charge in [-0.2, -0.15) is 0 Å². The molecule has 0 spiro atoms. The molecule has 0 amide bonds.